The Morgan fingerprint density at radius 3 is 1.31 bits per heavy atom. The van der Waals surface area contributed by atoms with E-state index in [1.807, 2.05) is 0 Å². The van der Waals surface area contributed by atoms with Crippen LogP contribution < -0.4 is 9.80 Å². The van der Waals surface area contributed by atoms with Crippen molar-refractivity contribution in [1.29, 1.82) is 0 Å². The van der Waals surface area contributed by atoms with Gasteiger partial charge in [0.05, 0.1) is 22.7 Å². The van der Waals surface area contributed by atoms with E-state index in [9.17, 15) is 0 Å². The molecule has 2 heterocycles. The number of anilines is 6. The Hall–Kier alpha value is -12.8. The molecule has 0 N–H and O–H groups in total. The Balaban J connectivity index is 0.805. The molecule has 0 amide bonds. The number of hydrogen-bond acceptors (Lipinski definition) is 4. The molecular formula is C104H76N2O2. The SMILES string of the molecule is CC(C)c1cc(-c2ccc3c(c2)-c2ccccc2C3(C)C)c2ccc3c(C(C)Cc4cc(-c5ccc6c(c5)-c5ccccc5C6(C)C)c5ccc6ccc(N(c7ccccc7)c7cccc8c7oc7ccccc78)c7ccc4c5c67)cc(N(c4ccccc4)c4cccc5c4oc4ccccc45)c4ccc1c2c34. The number of benzene rings is 18. The first-order valence-electron chi connectivity index (χ1n) is 38.4. The highest BCUT2D eigenvalue weighted by Crippen LogP contribution is 2.57. The fraction of sp³-hybridized carbons (Fsp3) is 0.115. The summed E-state index contributed by atoms with van der Waals surface area (Å²) in [6.07, 6.45) is 0.752. The van der Waals surface area contributed by atoms with Crippen LogP contribution in [0, 0.1) is 0 Å². The van der Waals surface area contributed by atoms with Gasteiger partial charge in [0.15, 0.2) is 11.2 Å². The van der Waals surface area contributed by atoms with Crippen molar-refractivity contribution in [3.8, 4) is 44.5 Å². The van der Waals surface area contributed by atoms with Gasteiger partial charge in [-0.2, -0.15) is 0 Å². The van der Waals surface area contributed by atoms with Crippen LogP contribution in [0.25, 0.3) is 153 Å². The largest absolute Gasteiger partial charge is 0.454 e. The number of hydrogen-bond donors (Lipinski definition) is 0. The highest BCUT2D eigenvalue weighted by molar-refractivity contribution is 6.31. The van der Waals surface area contributed by atoms with Crippen LogP contribution in [-0.2, 0) is 17.3 Å². The molecule has 22 rings (SSSR count). The lowest BCUT2D eigenvalue weighted by Crippen LogP contribution is -2.14. The second-order valence-electron chi connectivity index (χ2n) is 32.0. The van der Waals surface area contributed by atoms with Crippen molar-refractivity contribution in [2.75, 3.05) is 9.80 Å². The third-order valence-corrected chi connectivity index (χ3v) is 25.0. The molecule has 4 nitrogen and oxygen atoms in total. The Labute approximate surface area is 627 Å². The smallest absolute Gasteiger partial charge is 0.159 e. The number of rotatable bonds is 12. The van der Waals surface area contributed by atoms with Gasteiger partial charge in [-0.05, 0) is 240 Å². The second-order valence-corrected chi connectivity index (χ2v) is 32.0. The Kier molecular flexibility index (Phi) is 13.4. The minimum atomic E-state index is -0.139. The van der Waals surface area contributed by atoms with Crippen LogP contribution in [-0.4, -0.2) is 0 Å². The monoisotopic (exact) mass is 1380 g/mol. The maximum absolute atomic E-state index is 7.10. The van der Waals surface area contributed by atoms with E-state index in [-0.39, 0.29) is 22.7 Å². The standard InChI is InChI=1S/C104H76N2O2/c1-60(2)81-58-84(64-42-52-90-86(56-64)70-29-15-19-35-88(70)104(90,6)7)76-47-46-74-82(59-94(80-50-48-73(81)99(76)100(74)80)106(67-26-12-9-13-27-67)93-37-23-33-78-72-31-17-21-39-96(72)108-102(78)93)61(3)54-65-57-83(63-41-51-89-85(55-63)69-28-14-18-34-87(69)103(89,4)5)75-44-40-62-43-53-91(79-49-45-68(65)98(75)97(62)79)105(66-24-10-8-11-25-66)92-36-22-32-77-71-30-16-20-38-95(71)107-101(77)92/h8-53,55-61H,54H2,1-7H3. The lowest BCUT2D eigenvalue weighted by molar-refractivity contribution is 0.660. The minimum Gasteiger partial charge on any atom is -0.454 e. The summed E-state index contributed by atoms with van der Waals surface area (Å²) < 4.78 is 14.0. The van der Waals surface area contributed by atoms with Gasteiger partial charge in [0.2, 0.25) is 0 Å². The Bertz CT molecular complexity index is 7150. The second kappa shape index (κ2) is 23.1. The van der Waals surface area contributed by atoms with Crippen molar-refractivity contribution < 1.29 is 8.83 Å². The molecule has 1 atom stereocenters. The Morgan fingerprint density at radius 1 is 0.287 bits per heavy atom. The third kappa shape index (κ3) is 8.92. The van der Waals surface area contributed by atoms with E-state index in [4.69, 9.17) is 8.83 Å². The summed E-state index contributed by atoms with van der Waals surface area (Å²) in [7, 11) is 0. The predicted octanol–water partition coefficient (Wildman–Crippen LogP) is 29.6. The van der Waals surface area contributed by atoms with E-state index in [1.165, 1.54) is 148 Å². The zero-order chi connectivity index (χ0) is 72.2. The lowest BCUT2D eigenvalue weighted by atomic mass is 9.79. The third-order valence-electron chi connectivity index (χ3n) is 25.0. The van der Waals surface area contributed by atoms with Gasteiger partial charge in [-0.25, -0.2) is 0 Å². The molecule has 0 radical (unpaired) electrons. The van der Waals surface area contributed by atoms with E-state index in [0.717, 1.165) is 84.4 Å². The first kappa shape index (κ1) is 62.6. The summed E-state index contributed by atoms with van der Waals surface area (Å²) in [5.41, 5.74) is 29.2. The topological polar surface area (TPSA) is 32.8 Å². The quantitative estimate of drug-likeness (QED) is 0.114. The zero-order valence-corrected chi connectivity index (χ0v) is 61.5. The van der Waals surface area contributed by atoms with E-state index >= 15 is 0 Å². The van der Waals surface area contributed by atoms with Gasteiger partial charge in [-0.15, -0.1) is 0 Å². The average molecular weight is 1390 g/mol. The molecule has 20 aromatic rings. The summed E-state index contributed by atoms with van der Waals surface area (Å²) in [6, 6.07) is 117. The average Bonchev–Trinajstić information content (AvgIpc) is 1.01. The fourth-order valence-electron chi connectivity index (χ4n) is 19.9. The Morgan fingerprint density at radius 2 is 0.722 bits per heavy atom. The molecular weight excluding hydrogens is 1310 g/mol. The summed E-state index contributed by atoms with van der Waals surface area (Å²) in [5, 5.41) is 19.4. The molecule has 0 saturated carbocycles. The van der Waals surface area contributed by atoms with Crippen molar-refractivity contribution in [2.24, 2.45) is 0 Å². The molecule has 1 unspecified atom stereocenters. The van der Waals surface area contributed by atoms with Gasteiger partial charge in [0, 0.05) is 54.5 Å². The van der Waals surface area contributed by atoms with E-state index in [0.29, 0.717) is 0 Å². The molecule has 0 saturated heterocycles. The maximum atomic E-state index is 7.10. The maximum Gasteiger partial charge on any atom is 0.159 e. The molecule has 514 valence electrons. The van der Waals surface area contributed by atoms with Gasteiger partial charge < -0.3 is 18.6 Å². The first-order chi connectivity index (χ1) is 52.8. The van der Waals surface area contributed by atoms with Crippen LogP contribution in [0.5, 0.6) is 0 Å². The van der Waals surface area contributed by atoms with Crippen LogP contribution in [0.1, 0.15) is 99.2 Å². The van der Waals surface area contributed by atoms with Crippen LogP contribution in [0.15, 0.2) is 318 Å². The summed E-state index contributed by atoms with van der Waals surface area (Å²) >= 11 is 0. The highest BCUT2D eigenvalue weighted by Gasteiger charge is 2.38. The van der Waals surface area contributed by atoms with Gasteiger partial charge >= 0.3 is 0 Å². The molecule has 4 heteroatoms. The molecule has 0 aliphatic heterocycles. The highest BCUT2D eigenvalue weighted by atomic mass is 16.3. The summed E-state index contributed by atoms with van der Waals surface area (Å²) in [5.74, 6) is 0.232. The normalized spacial score (nSPS) is 13.9. The molecule has 108 heavy (non-hydrogen) atoms. The van der Waals surface area contributed by atoms with Crippen molar-refractivity contribution in [2.45, 2.75) is 77.6 Å². The first-order valence-corrected chi connectivity index (χ1v) is 38.4. The lowest BCUT2D eigenvalue weighted by Gasteiger charge is -2.30. The number of fused-ring (bicyclic) bond motifs is 12. The molecule has 0 spiro atoms. The molecule has 2 aliphatic rings. The fourth-order valence-corrected chi connectivity index (χ4v) is 19.9. The number of para-hydroxylation sites is 6. The zero-order valence-electron chi connectivity index (χ0n) is 61.5. The predicted molar refractivity (Wildman–Crippen MR) is 456 cm³/mol. The van der Waals surface area contributed by atoms with E-state index < -0.39 is 0 Å². The van der Waals surface area contributed by atoms with E-state index in [2.05, 4.69) is 368 Å². The van der Waals surface area contributed by atoms with E-state index in [1.54, 1.807) is 0 Å². The van der Waals surface area contributed by atoms with Gasteiger partial charge in [0.25, 0.3) is 0 Å². The van der Waals surface area contributed by atoms with Gasteiger partial charge in [-0.1, -0.05) is 273 Å². The minimum absolute atomic E-state index is 0.00967. The molecule has 2 aliphatic carbocycles. The summed E-state index contributed by atoms with van der Waals surface area (Å²) in [6.45, 7) is 16.8. The van der Waals surface area contributed by atoms with Crippen LogP contribution in [0.3, 0.4) is 0 Å². The van der Waals surface area contributed by atoms with Crippen molar-refractivity contribution >= 4 is 143 Å². The van der Waals surface area contributed by atoms with Crippen molar-refractivity contribution in [1.82, 2.24) is 0 Å². The van der Waals surface area contributed by atoms with Crippen LogP contribution >= 0.6 is 0 Å². The van der Waals surface area contributed by atoms with Crippen molar-refractivity contribution in [3.05, 3.63) is 348 Å². The van der Waals surface area contributed by atoms with Gasteiger partial charge in [-0.3, -0.25) is 0 Å². The number of furan rings is 2. The molecule has 0 bridgehead atoms. The van der Waals surface area contributed by atoms with Gasteiger partial charge in [0.1, 0.15) is 11.2 Å². The summed E-state index contributed by atoms with van der Waals surface area (Å²) in [4.78, 5) is 4.93. The number of nitrogens with zero attached hydrogens (tertiary/aromatic N) is 2. The molecule has 2 aromatic heterocycles. The van der Waals surface area contributed by atoms with Crippen LogP contribution in [0.4, 0.5) is 34.1 Å². The molecule has 18 aromatic carbocycles. The van der Waals surface area contributed by atoms with Crippen molar-refractivity contribution in [3.63, 3.8) is 0 Å². The van der Waals surface area contributed by atoms with Crippen LogP contribution in [0.2, 0.25) is 0 Å². The molecule has 0 fully saturated rings.